The molecule has 0 radical (unpaired) electrons. The fourth-order valence-corrected chi connectivity index (χ4v) is 5.07. The Labute approximate surface area is 208 Å². The standard InChI is InChI=1S/C26H50N2O4S/c1-8-9-10-11-12-13-14-15-16-17-18-29-23-22-21(31-26(6,7)32-22)20(30-23)19(2)27-24(33)28-25(3,4)5/h19-23H,8-18H2,1-7H3,(H2,27,28,33)/t19-,20+,21-,22-,23-/m0/s1. The topological polar surface area (TPSA) is 61.0 Å². The van der Waals surface area contributed by atoms with E-state index in [0.717, 1.165) is 6.42 Å². The van der Waals surface area contributed by atoms with Crippen molar-refractivity contribution in [2.45, 2.75) is 155 Å². The zero-order valence-electron chi connectivity index (χ0n) is 22.2. The van der Waals surface area contributed by atoms with Gasteiger partial charge in [0.05, 0.1) is 6.04 Å². The van der Waals surface area contributed by atoms with Gasteiger partial charge in [-0.05, 0) is 60.2 Å². The number of ether oxygens (including phenoxy) is 4. The third kappa shape index (κ3) is 10.4. The van der Waals surface area contributed by atoms with Crippen LogP contribution in [0.4, 0.5) is 0 Å². The Hall–Kier alpha value is -0.470. The molecular weight excluding hydrogens is 436 g/mol. The van der Waals surface area contributed by atoms with E-state index < -0.39 is 12.1 Å². The van der Waals surface area contributed by atoms with Gasteiger partial charge < -0.3 is 29.6 Å². The van der Waals surface area contributed by atoms with Crippen molar-refractivity contribution in [1.82, 2.24) is 10.6 Å². The van der Waals surface area contributed by atoms with Gasteiger partial charge in [-0.15, -0.1) is 0 Å². The van der Waals surface area contributed by atoms with Gasteiger partial charge in [0.2, 0.25) is 0 Å². The van der Waals surface area contributed by atoms with Crippen molar-refractivity contribution in [2.75, 3.05) is 6.61 Å². The normalized spacial score (nSPS) is 27.4. The smallest absolute Gasteiger partial charge is 0.187 e. The molecule has 33 heavy (non-hydrogen) atoms. The predicted molar refractivity (Wildman–Crippen MR) is 138 cm³/mol. The molecule has 0 amide bonds. The van der Waals surface area contributed by atoms with E-state index in [2.05, 4.69) is 45.3 Å². The lowest BCUT2D eigenvalue weighted by atomic mass is 10.1. The largest absolute Gasteiger partial charge is 0.358 e. The molecule has 2 heterocycles. The Bertz CT molecular complexity index is 581. The van der Waals surface area contributed by atoms with Gasteiger partial charge in [-0.1, -0.05) is 64.7 Å². The Morgan fingerprint density at radius 3 is 2.06 bits per heavy atom. The molecule has 0 aromatic heterocycles. The summed E-state index contributed by atoms with van der Waals surface area (Å²) in [6.07, 6.45) is 12.1. The van der Waals surface area contributed by atoms with Crippen molar-refractivity contribution in [1.29, 1.82) is 0 Å². The second kappa shape index (κ2) is 13.6. The monoisotopic (exact) mass is 486 g/mol. The molecule has 0 aliphatic carbocycles. The van der Waals surface area contributed by atoms with Gasteiger partial charge >= 0.3 is 0 Å². The van der Waals surface area contributed by atoms with Gasteiger partial charge in [-0.25, -0.2) is 0 Å². The van der Waals surface area contributed by atoms with E-state index in [1.807, 2.05) is 13.8 Å². The molecule has 7 heteroatoms. The highest BCUT2D eigenvalue weighted by Gasteiger charge is 2.57. The first-order valence-electron chi connectivity index (χ1n) is 13.2. The van der Waals surface area contributed by atoms with Gasteiger partial charge in [-0.2, -0.15) is 0 Å². The van der Waals surface area contributed by atoms with E-state index >= 15 is 0 Å². The van der Waals surface area contributed by atoms with Gasteiger partial charge in [0.25, 0.3) is 0 Å². The number of hydrogen-bond donors (Lipinski definition) is 2. The number of unbranched alkanes of at least 4 members (excludes halogenated alkanes) is 9. The van der Waals surface area contributed by atoms with Crippen molar-refractivity contribution < 1.29 is 18.9 Å². The van der Waals surface area contributed by atoms with E-state index in [4.69, 9.17) is 31.2 Å². The first kappa shape index (κ1) is 28.8. The average Bonchev–Trinajstić information content (AvgIpc) is 3.17. The fraction of sp³-hybridized carbons (Fsp3) is 0.962. The van der Waals surface area contributed by atoms with Crippen molar-refractivity contribution in [2.24, 2.45) is 0 Å². The highest BCUT2D eigenvalue weighted by molar-refractivity contribution is 7.80. The van der Waals surface area contributed by atoms with E-state index in [1.165, 1.54) is 57.8 Å². The van der Waals surface area contributed by atoms with E-state index in [-0.39, 0.29) is 29.9 Å². The third-order valence-electron chi connectivity index (χ3n) is 6.17. The summed E-state index contributed by atoms with van der Waals surface area (Å²) in [6, 6.07) is -0.0386. The van der Waals surface area contributed by atoms with Gasteiger partial charge in [0, 0.05) is 12.1 Å². The van der Waals surface area contributed by atoms with Crippen molar-refractivity contribution in [3.05, 3.63) is 0 Å². The molecule has 0 unspecified atom stereocenters. The summed E-state index contributed by atoms with van der Waals surface area (Å²) >= 11 is 5.48. The molecule has 0 saturated carbocycles. The van der Waals surface area contributed by atoms with Gasteiger partial charge in [0.1, 0.15) is 18.3 Å². The van der Waals surface area contributed by atoms with Crippen LogP contribution < -0.4 is 10.6 Å². The van der Waals surface area contributed by atoms with Gasteiger partial charge in [-0.3, -0.25) is 0 Å². The van der Waals surface area contributed by atoms with Crippen LogP contribution >= 0.6 is 12.2 Å². The van der Waals surface area contributed by atoms with E-state index in [9.17, 15) is 0 Å². The summed E-state index contributed by atoms with van der Waals surface area (Å²) in [4.78, 5) is 0. The minimum atomic E-state index is -0.639. The number of fused-ring (bicyclic) bond motifs is 1. The first-order valence-corrected chi connectivity index (χ1v) is 13.6. The molecule has 0 spiro atoms. The molecule has 2 aliphatic rings. The molecule has 6 nitrogen and oxygen atoms in total. The second-order valence-corrected chi connectivity index (χ2v) is 11.6. The lowest BCUT2D eigenvalue weighted by Gasteiger charge is -2.30. The van der Waals surface area contributed by atoms with Crippen LogP contribution in [0, 0.1) is 0 Å². The maximum Gasteiger partial charge on any atom is 0.187 e. The third-order valence-corrected chi connectivity index (χ3v) is 6.39. The molecule has 2 saturated heterocycles. The van der Waals surface area contributed by atoms with Crippen LogP contribution in [0.15, 0.2) is 0 Å². The van der Waals surface area contributed by atoms with Crippen molar-refractivity contribution in [3.63, 3.8) is 0 Å². The van der Waals surface area contributed by atoms with Crippen LogP contribution in [0.1, 0.15) is 113 Å². The first-order chi connectivity index (χ1) is 15.5. The summed E-state index contributed by atoms with van der Waals surface area (Å²) in [5.41, 5.74) is -0.0987. The molecule has 194 valence electrons. The maximum atomic E-state index is 6.28. The Kier molecular flexibility index (Phi) is 11.8. The second-order valence-electron chi connectivity index (χ2n) is 11.2. The van der Waals surface area contributed by atoms with E-state index in [1.54, 1.807) is 0 Å². The molecule has 5 atom stereocenters. The molecule has 2 aliphatic heterocycles. The lowest BCUT2D eigenvalue weighted by molar-refractivity contribution is -0.235. The van der Waals surface area contributed by atoms with Crippen molar-refractivity contribution >= 4 is 17.3 Å². The summed E-state index contributed by atoms with van der Waals surface area (Å²) < 4.78 is 24.8. The van der Waals surface area contributed by atoms with Crippen LogP contribution in [0.25, 0.3) is 0 Å². The SMILES string of the molecule is CCCCCCCCCCCCO[C@H]1O[C@H]([C@H](C)NC(=S)NC(C)(C)C)[C@@H]2OC(C)(C)O[C@H]12. The molecule has 0 aromatic carbocycles. The highest BCUT2D eigenvalue weighted by atomic mass is 32.1. The molecule has 2 N–H and O–H groups in total. The predicted octanol–water partition coefficient (Wildman–Crippen LogP) is 5.82. The highest BCUT2D eigenvalue weighted by Crippen LogP contribution is 2.40. The quantitative estimate of drug-likeness (QED) is 0.237. The van der Waals surface area contributed by atoms with Crippen LogP contribution in [0.5, 0.6) is 0 Å². The van der Waals surface area contributed by atoms with Crippen LogP contribution in [-0.2, 0) is 18.9 Å². The van der Waals surface area contributed by atoms with Crippen LogP contribution in [-0.4, -0.2) is 53.7 Å². The molecule has 2 rings (SSSR count). The Morgan fingerprint density at radius 1 is 0.939 bits per heavy atom. The molecule has 2 fully saturated rings. The van der Waals surface area contributed by atoms with Crippen molar-refractivity contribution in [3.8, 4) is 0 Å². The summed E-state index contributed by atoms with van der Waals surface area (Å²) in [5.74, 6) is -0.639. The number of thiocarbonyl (C=S) groups is 1. The summed E-state index contributed by atoms with van der Waals surface area (Å²) in [5, 5.41) is 7.27. The lowest BCUT2D eigenvalue weighted by Crippen LogP contribution is -2.53. The molecular formula is C26H50N2O4S. The molecule has 0 bridgehead atoms. The summed E-state index contributed by atoms with van der Waals surface area (Å²) in [6.45, 7) is 15.2. The Balaban J connectivity index is 1.72. The number of nitrogens with one attached hydrogen (secondary N) is 2. The Morgan fingerprint density at radius 2 is 1.48 bits per heavy atom. The minimum Gasteiger partial charge on any atom is -0.358 e. The van der Waals surface area contributed by atoms with Crippen LogP contribution in [0.2, 0.25) is 0 Å². The fourth-order valence-electron chi connectivity index (χ4n) is 4.58. The van der Waals surface area contributed by atoms with Crippen LogP contribution in [0.3, 0.4) is 0 Å². The minimum absolute atomic E-state index is 0.0386. The zero-order chi connectivity index (χ0) is 24.5. The maximum absolute atomic E-state index is 6.28. The summed E-state index contributed by atoms with van der Waals surface area (Å²) in [7, 11) is 0. The average molecular weight is 487 g/mol. The van der Waals surface area contributed by atoms with E-state index in [0.29, 0.717) is 11.7 Å². The zero-order valence-corrected chi connectivity index (χ0v) is 23.0. The van der Waals surface area contributed by atoms with Gasteiger partial charge in [0.15, 0.2) is 17.2 Å². The molecule has 0 aromatic rings. The number of rotatable bonds is 14. The number of hydrogen-bond acceptors (Lipinski definition) is 5.